The summed E-state index contributed by atoms with van der Waals surface area (Å²) in [6, 6.07) is 6.40. The van der Waals surface area contributed by atoms with Crippen LogP contribution in [0.3, 0.4) is 0 Å². The van der Waals surface area contributed by atoms with E-state index in [4.69, 9.17) is 4.74 Å². The molecule has 0 spiro atoms. The molecular formula is C36H56O3. The van der Waals surface area contributed by atoms with Gasteiger partial charge in [0.1, 0.15) is 5.75 Å². The van der Waals surface area contributed by atoms with Crippen molar-refractivity contribution in [1.29, 1.82) is 0 Å². The van der Waals surface area contributed by atoms with Gasteiger partial charge in [-0.05, 0) is 117 Å². The number of aliphatic hydroxyl groups excluding tert-OH is 1. The van der Waals surface area contributed by atoms with Crippen LogP contribution in [0.2, 0.25) is 0 Å². The molecule has 218 valence electrons. The Kier molecular flexibility index (Phi) is 12.0. The van der Waals surface area contributed by atoms with Crippen LogP contribution in [0.5, 0.6) is 5.75 Å². The fourth-order valence-corrected chi connectivity index (χ4v) is 8.12. The predicted octanol–water partition coefficient (Wildman–Crippen LogP) is 9.85. The molecule has 0 amide bonds. The molecule has 0 bridgehead atoms. The lowest BCUT2D eigenvalue weighted by molar-refractivity contribution is -0.134. The zero-order valence-electron chi connectivity index (χ0n) is 25.1. The van der Waals surface area contributed by atoms with Crippen molar-refractivity contribution in [2.75, 3.05) is 0 Å². The van der Waals surface area contributed by atoms with E-state index in [0.717, 1.165) is 37.9 Å². The normalized spacial score (nSPS) is 27.8. The number of fused-ring (bicyclic) bond motifs is 5. The monoisotopic (exact) mass is 536 g/mol. The van der Waals surface area contributed by atoms with Crippen LogP contribution in [-0.2, 0) is 11.2 Å². The number of allylic oxidation sites excluding steroid dienone is 2. The van der Waals surface area contributed by atoms with E-state index in [0.29, 0.717) is 24.2 Å². The molecule has 2 saturated carbocycles. The van der Waals surface area contributed by atoms with Crippen LogP contribution in [0.15, 0.2) is 30.4 Å². The van der Waals surface area contributed by atoms with Gasteiger partial charge in [0, 0.05) is 6.42 Å². The second-order valence-corrected chi connectivity index (χ2v) is 13.2. The topological polar surface area (TPSA) is 46.5 Å². The third-order valence-corrected chi connectivity index (χ3v) is 10.5. The molecule has 1 aromatic rings. The number of aliphatic hydroxyl groups is 1. The van der Waals surface area contributed by atoms with Crippen LogP contribution >= 0.6 is 0 Å². The zero-order chi connectivity index (χ0) is 27.5. The smallest absolute Gasteiger partial charge is 0.311 e. The van der Waals surface area contributed by atoms with Gasteiger partial charge in [-0.3, -0.25) is 4.79 Å². The van der Waals surface area contributed by atoms with Gasteiger partial charge in [0.05, 0.1) is 6.10 Å². The molecule has 1 N–H and O–H groups in total. The van der Waals surface area contributed by atoms with Crippen molar-refractivity contribution >= 4 is 5.97 Å². The van der Waals surface area contributed by atoms with Crippen LogP contribution in [0.4, 0.5) is 0 Å². The third-order valence-electron chi connectivity index (χ3n) is 10.5. The maximum atomic E-state index is 12.5. The first-order valence-electron chi connectivity index (χ1n) is 16.7. The summed E-state index contributed by atoms with van der Waals surface area (Å²) in [5, 5.41) is 10.6. The zero-order valence-corrected chi connectivity index (χ0v) is 25.1. The minimum atomic E-state index is -0.117. The van der Waals surface area contributed by atoms with Crippen molar-refractivity contribution in [2.24, 2.45) is 17.3 Å². The van der Waals surface area contributed by atoms with Crippen LogP contribution in [-0.4, -0.2) is 17.2 Å². The molecular weight excluding hydrogens is 480 g/mol. The summed E-state index contributed by atoms with van der Waals surface area (Å²) < 4.78 is 5.75. The highest BCUT2D eigenvalue weighted by atomic mass is 16.5. The van der Waals surface area contributed by atoms with E-state index < -0.39 is 0 Å². The predicted molar refractivity (Wildman–Crippen MR) is 162 cm³/mol. The molecule has 3 aliphatic rings. The molecule has 0 aliphatic heterocycles. The lowest BCUT2D eigenvalue weighted by Gasteiger charge is -2.50. The van der Waals surface area contributed by atoms with Crippen LogP contribution < -0.4 is 4.74 Å². The molecule has 3 nitrogen and oxygen atoms in total. The highest BCUT2D eigenvalue weighted by Gasteiger charge is 2.54. The van der Waals surface area contributed by atoms with E-state index in [1.54, 1.807) is 0 Å². The van der Waals surface area contributed by atoms with Gasteiger partial charge in [-0.25, -0.2) is 0 Å². The summed E-state index contributed by atoms with van der Waals surface area (Å²) in [5.74, 6) is 2.60. The second kappa shape index (κ2) is 15.4. The number of esters is 1. The maximum Gasteiger partial charge on any atom is 0.311 e. The molecule has 3 heteroatoms. The molecule has 0 unspecified atom stereocenters. The minimum absolute atomic E-state index is 0.0883. The molecule has 2 fully saturated rings. The first-order valence-corrected chi connectivity index (χ1v) is 16.7. The van der Waals surface area contributed by atoms with Crippen molar-refractivity contribution in [3.05, 3.63) is 41.5 Å². The van der Waals surface area contributed by atoms with E-state index in [-0.39, 0.29) is 17.5 Å². The summed E-state index contributed by atoms with van der Waals surface area (Å²) in [6.45, 7) is 4.61. The molecule has 39 heavy (non-hydrogen) atoms. The van der Waals surface area contributed by atoms with Crippen LogP contribution in [0.25, 0.3) is 0 Å². The van der Waals surface area contributed by atoms with Crippen LogP contribution in [0.1, 0.15) is 153 Å². The van der Waals surface area contributed by atoms with Gasteiger partial charge >= 0.3 is 5.97 Å². The number of carbonyl (C=O) groups excluding carboxylic acids is 1. The molecule has 0 heterocycles. The first kappa shape index (κ1) is 30.4. The Labute approximate surface area is 239 Å². The minimum Gasteiger partial charge on any atom is -0.427 e. The number of hydrogen-bond donors (Lipinski definition) is 1. The van der Waals surface area contributed by atoms with Crippen molar-refractivity contribution in [3.8, 4) is 5.75 Å². The largest absolute Gasteiger partial charge is 0.427 e. The molecule has 0 saturated heterocycles. The average Bonchev–Trinajstić information content (AvgIpc) is 3.24. The Morgan fingerprint density at radius 3 is 2.36 bits per heavy atom. The Morgan fingerprint density at radius 1 is 0.923 bits per heavy atom. The van der Waals surface area contributed by atoms with Crippen molar-refractivity contribution < 1.29 is 14.6 Å². The van der Waals surface area contributed by atoms with Gasteiger partial charge in [-0.1, -0.05) is 83.4 Å². The summed E-state index contributed by atoms with van der Waals surface area (Å²) in [5.41, 5.74) is 2.98. The second-order valence-electron chi connectivity index (χ2n) is 13.2. The van der Waals surface area contributed by atoms with E-state index in [1.165, 1.54) is 101 Å². The van der Waals surface area contributed by atoms with Gasteiger partial charge < -0.3 is 9.84 Å². The van der Waals surface area contributed by atoms with E-state index in [9.17, 15) is 9.90 Å². The Balaban J connectivity index is 1.08. The maximum absolute atomic E-state index is 12.5. The number of unbranched alkanes of at least 4 members (excludes halogenated alkanes) is 11. The molecule has 5 atom stereocenters. The Morgan fingerprint density at radius 2 is 1.62 bits per heavy atom. The molecule has 1 aromatic carbocycles. The number of ether oxygens (including phenoxy) is 1. The fourth-order valence-electron chi connectivity index (χ4n) is 8.12. The quantitative estimate of drug-likeness (QED) is 0.0989. The lowest BCUT2D eigenvalue weighted by atomic mass is 9.55. The van der Waals surface area contributed by atoms with Gasteiger partial charge in [0.15, 0.2) is 0 Å². The number of aryl methyl sites for hydroxylation is 1. The molecule has 4 rings (SSSR count). The highest BCUT2D eigenvalue weighted by Crippen LogP contribution is 2.60. The summed E-state index contributed by atoms with van der Waals surface area (Å²) in [6.07, 6.45) is 28.3. The first-order chi connectivity index (χ1) is 19.0. The standard InChI is InChI=1S/C36H56O3/c1-3-4-5-6-7-8-9-10-11-12-13-14-15-16-17-18-35(38)39-29-20-22-30-28(27-29)19-21-32-31(30)25-26-36(2)33(32)23-24-34(36)37/h10-11,20,22,27,31-34,37H,3-9,12-19,21,23-26H2,1-2H3/b11-10-/t31-,32-,33+,34+,36+/m1/s1. The van der Waals surface area contributed by atoms with Crippen molar-refractivity contribution in [2.45, 2.75) is 154 Å². The van der Waals surface area contributed by atoms with Gasteiger partial charge in [0.25, 0.3) is 0 Å². The van der Waals surface area contributed by atoms with E-state index in [2.05, 4.69) is 38.1 Å². The molecule has 3 aliphatic carbocycles. The highest BCUT2D eigenvalue weighted by molar-refractivity contribution is 5.72. The molecule has 0 radical (unpaired) electrons. The third kappa shape index (κ3) is 8.21. The van der Waals surface area contributed by atoms with Crippen LogP contribution in [0, 0.1) is 17.3 Å². The van der Waals surface area contributed by atoms with Gasteiger partial charge in [-0.15, -0.1) is 0 Å². The average molecular weight is 537 g/mol. The Hall–Kier alpha value is -1.61. The SMILES string of the molecule is CCCCCCCC/C=C\CCCCCCCC(=O)Oc1ccc2c(c1)CC[C@@H]1[C@@H]2CC[C@]2(C)[C@@H](O)CC[C@@H]12. The van der Waals surface area contributed by atoms with E-state index >= 15 is 0 Å². The van der Waals surface area contributed by atoms with E-state index in [1.807, 2.05) is 6.07 Å². The lowest BCUT2D eigenvalue weighted by Crippen LogP contribution is -2.43. The Bertz CT molecular complexity index is 920. The summed E-state index contributed by atoms with van der Waals surface area (Å²) >= 11 is 0. The molecule has 0 aromatic heterocycles. The number of hydrogen-bond acceptors (Lipinski definition) is 3. The number of rotatable bonds is 16. The fraction of sp³-hybridized carbons (Fsp3) is 0.750. The van der Waals surface area contributed by atoms with Crippen molar-refractivity contribution in [1.82, 2.24) is 0 Å². The van der Waals surface area contributed by atoms with Crippen molar-refractivity contribution in [3.63, 3.8) is 0 Å². The van der Waals surface area contributed by atoms with Gasteiger partial charge in [-0.2, -0.15) is 0 Å². The number of benzene rings is 1. The summed E-state index contributed by atoms with van der Waals surface area (Å²) in [7, 11) is 0. The van der Waals surface area contributed by atoms with Gasteiger partial charge in [0.2, 0.25) is 0 Å². The number of carbonyl (C=O) groups is 1. The summed E-state index contributed by atoms with van der Waals surface area (Å²) in [4.78, 5) is 12.5.